The molecule has 298 valence electrons. The Morgan fingerprint density at radius 2 is 1.32 bits per heavy atom. The smallest absolute Gasteiger partial charge is 0.256 e. The molecule has 0 aliphatic carbocycles. The van der Waals surface area contributed by atoms with E-state index in [1.54, 1.807) is 0 Å². The van der Waals surface area contributed by atoms with Crippen molar-refractivity contribution in [1.82, 2.24) is 30.4 Å². The average Bonchev–Trinajstić information content (AvgIpc) is 3.94. The van der Waals surface area contributed by atoms with Crippen LogP contribution in [0.5, 0.6) is 0 Å². The summed E-state index contributed by atoms with van der Waals surface area (Å²) in [4.78, 5) is 63.9. The number of nitrogens with zero attached hydrogens (tertiary/aromatic N) is 3. The van der Waals surface area contributed by atoms with Crippen LogP contribution in [0.15, 0.2) is 72.8 Å². The minimum atomic E-state index is -0.620. The van der Waals surface area contributed by atoms with Gasteiger partial charge in [-0.3, -0.25) is 24.2 Å². The monoisotopic (exact) mass is 786 g/mol. The number of thioether (sulfide) groups is 1. The number of benzene rings is 3. The zero-order valence-corrected chi connectivity index (χ0v) is 34.8. The molecule has 4 amide bonds. The maximum Gasteiger partial charge on any atom is 0.256 e. The molecule has 2 aliphatic heterocycles. The van der Waals surface area contributed by atoms with E-state index in [0.717, 1.165) is 86.7 Å². The number of hydrogen-bond acceptors (Lipinski definition) is 6. The molecule has 2 aromatic heterocycles. The highest BCUT2D eigenvalue weighted by molar-refractivity contribution is 8.01. The highest BCUT2D eigenvalue weighted by Gasteiger charge is 2.38. The lowest BCUT2D eigenvalue weighted by Gasteiger charge is -2.31. The minimum Gasteiger partial charge on any atom is -0.356 e. The van der Waals surface area contributed by atoms with Gasteiger partial charge in [0.2, 0.25) is 17.7 Å². The highest BCUT2D eigenvalue weighted by atomic mass is 32.2. The number of aromatic nitrogens is 2. The number of amides is 4. The number of H-pyrrole nitrogens is 1. The summed E-state index contributed by atoms with van der Waals surface area (Å²) in [5.74, 6) is -0.508. The summed E-state index contributed by atoms with van der Waals surface area (Å²) >= 11 is 1.46. The molecule has 3 N–H and O–H groups in total. The summed E-state index contributed by atoms with van der Waals surface area (Å²) in [6, 6.07) is 24.8. The van der Waals surface area contributed by atoms with Crippen LogP contribution in [0.2, 0.25) is 0 Å². The lowest BCUT2D eigenvalue weighted by molar-refractivity contribution is -0.138. The number of carbonyl (C=O) groups excluding carboxylic acids is 4. The Balaban J connectivity index is 1.10. The number of fused-ring (bicyclic) bond motifs is 2. The lowest BCUT2D eigenvalue weighted by Crippen LogP contribution is -2.50. The van der Waals surface area contributed by atoms with Crippen LogP contribution in [0.3, 0.4) is 0 Å². The van der Waals surface area contributed by atoms with E-state index in [2.05, 4.69) is 89.3 Å². The van der Waals surface area contributed by atoms with Crippen molar-refractivity contribution in [1.29, 1.82) is 0 Å². The number of nitrogens with one attached hydrogen (secondary N) is 3. The van der Waals surface area contributed by atoms with Crippen molar-refractivity contribution in [2.75, 3.05) is 13.1 Å². The van der Waals surface area contributed by atoms with Gasteiger partial charge in [0.15, 0.2) is 5.37 Å². The third-order valence-electron chi connectivity index (χ3n) is 11.4. The van der Waals surface area contributed by atoms with Crippen LogP contribution < -0.4 is 10.6 Å². The van der Waals surface area contributed by atoms with E-state index in [4.69, 9.17) is 4.98 Å². The van der Waals surface area contributed by atoms with Crippen molar-refractivity contribution in [3.63, 3.8) is 0 Å². The van der Waals surface area contributed by atoms with Gasteiger partial charge in [-0.15, -0.1) is 11.8 Å². The fraction of sp³-hybridized carbons (Fsp3) is 0.413. The summed E-state index contributed by atoms with van der Waals surface area (Å²) in [5, 5.41) is 7.48. The molecular weight excluding hydrogens is 733 g/mol. The standard InChI is InChI=1S/C46H54N6O4S/c1-26(2)42(47-29(6)53)45(55)52-23-9-11-41(52)43-28(5)36-20-18-35(25-39(36)50-43)32-14-12-31(13-15-32)34-17-16-33-19-21-37(49-38(33)24-34)40-10-8-22-51(40)46(56)44(48-30(7)54)57-27(3)4/h12-21,24-27,40-42,44,50H,8-11,22-23H2,1-7H3,(H,47,53)(H,48,54). The molecule has 0 radical (unpaired) electrons. The third-order valence-corrected chi connectivity index (χ3v) is 12.5. The number of hydrogen-bond donors (Lipinski definition) is 3. The van der Waals surface area contributed by atoms with E-state index in [0.29, 0.717) is 13.1 Å². The first-order chi connectivity index (χ1) is 27.3. The first-order valence-corrected chi connectivity index (χ1v) is 21.2. The van der Waals surface area contributed by atoms with Crippen molar-refractivity contribution in [3.8, 4) is 22.3 Å². The van der Waals surface area contributed by atoms with Crippen LogP contribution in [0.1, 0.15) is 96.3 Å². The third kappa shape index (κ3) is 8.44. The number of rotatable bonds is 11. The molecule has 2 aliphatic rings. The lowest BCUT2D eigenvalue weighted by atomic mass is 9.98. The Morgan fingerprint density at radius 1 is 0.737 bits per heavy atom. The van der Waals surface area contributed by atoms with Crippen molar-refractivity contribution < 1.29 is 19.2 Å². The molecule has 5 aromatic rings. The molecular formula is C46H54N6O4S. The summed E-state index contributed by atoms with van der Waals surface area (Å²) in [6.07, 6.45) is 3.51. The number of aryl methyl sites for hydroxylation is 1. The van der Waals surface area contributed by atoms with Crippen molar-refractivity contribution in [3.05, 3.63) is 89.7 Å². The van der Waals surface area contributed by atoms with E-state index in [1.165, 1.54) is 25.6 Å². The zero-order valence-electron chi connectivity index (χ0n) is 34.0. The molecule has 3 aromatic carbocycles. The summed E-state index contributed by atoms with van der Waals surface area (Å²) in [5.41, 5.74) is 9.34. The predicted molar refractivity (Wildman–Crippen MR) is 229 cm³/mol. The Bertz CT molecular complexity index is 2320. The van der Waals surface area contributed by atoms with Crippen LogP contribution >= 0.6 is 11.8 Å². The normalized spacial score (nSPS) is 18.1. The summed E-state index contributed by atoms with van der Waals surface area (Å²) in [6.45, 7) is 14.3. The van der Waals surface area contributed by atoms with Crippen molar-refractivity contribution in [2.24, 2.45) is 5.92 Å². The Labute approximate surface area is 339 Å². The zero-order chi connectivity index (χ0) is 40.5. The summed E-state index contributed by atoms with van der Waals surface area (Å²) < 4.78 is 0. The largest absolute Gasteiger partial charge is 0.356 e. The molecule has 2 saturated heterocycles. The molecule has 57 heavy (non-hydrogen) atoms. The predicted octanol–water partition coefficient (Wildman–Crippen LogP) is 8.45. The molecule has 0 spiro atoms. The summed E-state index contributed by atoms with van der Waals surface area (Å²) in [7, 11) is 0. The van der Waals surface area contributed by atoms with E-state index in [1.807, 2.05) is 43.6 Å². The van der Waals surface area contributed by atoms with Crippen LogP contribution in [0.4, 0.5) is 0 Å². The topological polar surface area (TPSA) is 127 Å². The molecule has 10 nitrogen and oxygen atoms in total. The average molecular weight is 787 g/mol. The van der Waals surface area contributed by atoms with Gasteiger partial charge in [-0.1, -0.05) is 82.3 Å². The number of aromatic amines is 1. The van der Waals surface area contributed by atoms with Crippen LogP contribution in [0, 0.1) is 12.8 Å². The molecule has 4 heterocycles. The number of pyridine rings is 1. The van der Waals surface area contributed by atoms with Crippen molar-refractivity contribution >= 4 is 57.2 Å². The van der Waals surface area contributed by atoms with Crippen molar-refractivity contribution in [2.45, 2.75) is 103 Å². The first-order valence-electron chi connectivity index (χ1n) is 20.2. The Hall–Kier alpha value is -5.16. The van der Waals surface area contributed by atoms with Gasteiger partial charge < -0.3 is 25.4 Å². The second kappa shape index (κ2) is 16.7. The van der Waals surface area contributed by atoms with E-state index in [9.17, 15) is 19.2 Å². The first kappa shape index (κ1) is 40.1. The number of likely N-dealkylation sites (tertiary alicyclic amines) is 2. The van der Waals surface area contributed by atoms with Gasteiger partial charge in [0.1, 0.15) is 6.04 Å². The second-order valence-electron chi connectivity index (χ2n) is 16.2. The van der Waals surface area contributed by atoms with Gasteiger partial charge in [-0.2, -0.15) is 0 Å². The fourth-order valence-corrected chi connectivity index (χ4v) is 9.60. The molecule has 11 heteroatoms. The molecule has 7 rings (SSSR count). The van der Waals surface area contributed by atoms with Crippen LogP contribution in [-0.2, 0) is 19.2 Å². The SMILES string of the molecule is CC(=O)NC(SC(C)C)C(=O)N1CCCC1c1ccc2ccc(-c3ccc(-c4ccc5c(C)c(C6CCCN6C(=O)C(NC(C)=O)C(C)C)[nH]c5c4)cc3)cc2n1. The maximum atomic E-state index is 13.7. The van der Waals surface area contributed by atoms with Gasteiger partial charge >= 0.3 is 0 Å². The van der Waals surface area contributed by atoms with Crippen LogP contribution in [-0.4, -0.2) is 73.2 Å². The number of carbonyl (C=O) groups is 4. The molecule has 4 unspecified atom stereocenters. The van der Waals surface area contributed by atoms with E-state index < -0.39 is 11.4 Å². The van der Waals surface area contributed by atoms with Gasteiger partial charge in [0.25, 0.3) is 5.91 Å². The van der Waals surface area contributed by atoms with Gasteiger partial charge in [-0.05, 0) is 84.5 Å². The fourth-order valence-electron chi connectivity index (χ4n) is 8.57. The molecule has 2 fully saturated rings. The maximum absolute atomic E-state index is 13.7. The minimum absolute atomic E-state index is 0.0109. The molecule has 0 bridgehead atoms. The van der Waals surface area contributed by atoms with E-state index in [-0.39, 0.29) is 46.9 Å². The molecule has 0 saturated carbocycles. The molecule has 4 atom stereocenters. The Kier molecular flexibility index (Phi) is 11.8. The Morgan fingerprint density at radius 3 is 1.95 bits per heavy atom. The highest BCUT2D eigenvalue weighted by Crippen LogP contribution is 2.39. The van der Waals surface area contributed by atoms with Gasteiger partial charge in [0.05, 0.1) is 23.3 Å². The van der Waals surface area contributed by atoms with Gasteiger partial charge in [0, 0.05) is 54.2 Å². The second-order valence-corrected chi connectivity index (χ2v) is 17.9. The van der Waals surface area contributed by atoms with E-state index >= 15 is 0 Å². The van der Waals surface area contributed by atoms with Crippen LogP contribution in [0.25, 0.3) is 44.1 Å². The quantitative estimate of drug-likeness (QED) is 0.115. The van der Waals surface area contributed by atoms with Gasteiger partial charge in [-0.25, -0.2) is 0 Å².